The maximum atomic E-state index is 13.7. The van der Waals surface area contributed by atoms with Crippen LogP contribution in [0.15, 0.2) is 42.5 Å². The molecule has 7 heteroatoms. The molecule has 0 saturated carbocycles. The number of amides is 2. The van der Waals surface area contributed by atoms with Crippen LogP contribution in [0.2, 0.25) is 0 Å². The number of phenols is 1. The molecule has 2 aromatic carbocycles. The quantitative estimate of drug-likeness (QED) is 0.845. The van der Waals surface area contributed by atoms with Crippen LogP contribution in [-0.4, -0.2) is 49.3 Å². The summed E-state index contributed by atoms with van der Waals surface area (Å²) >= 11 is 0. The summed E-state index contributed by atoms with van der Waals surface area (Å²) in [4.78, 5) is 15.4. The van der Waals surface area contributed by atoms with E-state index in [1.807, 2.05) is 31.2 Å². The van der Waals surface area contributed by atoms with Crippen LogP contribution in [0, 0.1) is 5.82 Å². The van der Waals surface area contributed by atoms with Gasteiger partial charge in [0.25, 0.3) is 0 Å². The number of urea groups is 1. The second-order valence-electron chi connectivity index (χ2n) is 6.92. The largest absolute Gasteiger partial charge is 0.508 e. The number of nitrogens with zero attached hydrogens (tertiary/aromatic N) is 2. The zero-order valence-corrected chi connectivity index (χ0v) is 15.6. The number of phenolic OH excluding ortho intramolecular Hbond substituents is 1. The molecule has 2 amide bonds. The summed E-state index contributed by atoms with van der Waals surface area (Å²) in [7, 11) is 3.41. The number of nitrogens with one attached hydrogen (secondary N) is 1. The lowest BCUT2D eigenvalue weighted by atomic mass is 10.1. The fraction of sp³-hybridized carbons (Fsp3) is 0.350. The van der Waals surface area contributed by atoms with Crippen LogP contribution in [0.25, 0.3) is 0 Å². The Balaban J connectivity index is 1.53. The molecule has 1 atom stereocenters. The van der Waals surface area contributed by atoms with Crippen LogP contribution in [0.3, 0.4) is 0 Å². The third-order valence-corrected chi connectivity index (χ3v) is 4.56. The Morgan fingerprint density at radius 2 is 1.93 bits per heavy atom. The molecule has 6 nitrogen and oxygen atoms in total. The van der Waals surface area contributed by atoms with Gasteiger partial charge in [-0.15, -0.1) is 0 Å². The third-order valence-electron chi connectivity index (χ3n) is 4.56. The van der Waals surface area contributed by atoms with Crippen molar-refractivity contribution in [3.63, 3.8) is 0 Å². The number of hydrogen-bond donors (Lipinski definition) is 2. The van der Waals surface area contributed by atoms with Crippen LogP contribution in [0.5, 0.6) is 11.5 Å². The minimum atomic E-state index is -0.563. The molecular weight excluding hydrogens is 349 g/mol. The van der Waals surface area contributed by atoms with Crippen molar-refractivity contribution in [2.24, 2.45) is 0 Å². The number of halogens is 1. The first-order valence-electron chi connectivity index (χ1n) is 8.81. The number of aromatic hydroxyl groups is 1. The average molecular weight is 373 g/mol. The lowest BCUT2D eigenvalue weighted by molar-refractivity contribution is 0.160. The van der Waals surface area contributed by atoms with Crippen LogP contribution in [0.4, 0.5) is 14.9 Å². The standard InChI is InChI=1S/C20H24FN3O3/c1-13(22-20(26)23(2)3)14-4-6-15(7-5-14)24-11-17(12-24)27-19-9-8-16(25)10-18(19)21/h4-10,13,17,25H,11-12H2,1-3H3,(H,22,26)/t13-/m0/s1. The molecule has 144 valence electrons. The maximum absolute atomic E-state index is 13.7. The second kappa shape index (κ2) is 7.73. The van der Waals surface area contributed by atoms with E-state index in [1.54, 1.807) is 14.1 Å². The molecule has 27 heavy (non-hydrogen) atoms. The van der Waals surface area contributed by atoms with Crippen molar-refractivity contribution in [3.8, 4) is 11.5 Å². The van der Waals surface area contributed by atoms with Gasteiger partial charge in [-0.2, -0.15) is 0 Å². The van der Waals surface area contributed by atoms with Gasteiger partial charge >= 0.3 is 6.03 Å². The minimum Gasteiger partial charge on any atom is -0.508 e. The van der Waals surface area contributed by atoms with Gasteiger partial charge in [0.15, 0.2) is 11.6 Å². The summed E-state index contributed by atoms with van der Waals surface area (Å²) in [6.45, 7) is 3.26. The van der Waals surface area contributed by atoms with Crippen molar-refractivity contribution in [1.82, 2.24) is 10.2 Å². The molecule has 2 aromatic rings. The van der Waals surface area contributed by atoms with Gasteiger partial charge in [0.1, 0.15) is 11.9 Å². The minimum absolute atomic E-state index is 0.0844. The van der Waals surface area contributed by atoms with Crippen molar-refractivity contribution < 1.29 is 19.0 Å². The fourth-order valence-electron chi connectivity index (χ4n) is 2.86. The molecule has 0 aliphatic carbocycles. The normalized spacial score (nSPS) is 15.0. The zero-order chi connectivity index (χ0) is 19.6. The Kier molecular flexibility index (Phi) is 5.39. The first-order chi connectivity index (χ1) is 12.8. The zero-order valence-electron chi connectivity index (χ0n) is 15.6. The highest BCUT2D eigenvalue weighted by molar-refractivity contribution is 5.74. The Morgan fingerprint density at radius 1 is 1.26 bits per heavy atom. The Morgan fingerprint density at radius 3 is 2.52 bits per heavy atom. The van der Waals surface area contributed by atoms with E-state index in [0.717, 1.165) is 17.3 Å². The lowest BCUT2D eigenvalue weighted by Gasteiger charge is -2.40. The summed E-state index contributed by atoms with van der Waals surface area (Å²) in [6, 6.07) is 11.7. The summed E-state index contributed by atoms with van der Waals surface area (Å²) < 4.78 is 19.4. The van der Waals surface area contributed by atoms with E-state index < -0.39 is 5.82 Å². The first kappa shape index (κ1) is 18.8. The van der Waals surface area contributed by atoms with Gasteiger partial charge in [0.05, 0.1) is 19.1 Å². The fourth-order valence-corrected chi connectivity index (χ4v) is 2.86. The van der Waals surface area contributed by atoms with Crippen molar-refractivity contribution in [1.29, 1.82) is 0 Å². The van der Waals surface area contributed by atoms with E-state index >= 15 is 0 Å². The van der Waals surface area contributed by atoms with Gasteiger partial charge in [0, 0.05) is 25.8 Å². The van der Waals surface area contributed by atoms with Gasteiger partial charge in [0.2, 0.25) is 0 Å². The number of hydrogen-bond acceptors (Lipinski definition) is 4. The molecule has 1 aliphatic heterocycles. The number of benzene rings is 2. The molecule has 1 fully saturated rings. The SMILES string of the molecule is C[C@H](NC(=O)N(C)C)c1ccc(N2CC(Oc3ccc(O)cc3F)C2)cc1. The van der Waals surface area contributed by atoms with Gasteiger partial charge in [-0.25, -0.2) is 9.18 Å². The summed E-state index contributed by atoms with van der Waals surface area (Å²) in [6.07, 6.45) is -0.0953. The van der Waals surface area contributed by atoms with Crippen LogP contribution in [-0.2, 0) is 0 Å². The summed E-state index contributed by atoms with van der Waals surface area (Å²) in [5.41, 5.74) is 2.07. The molecule has 0 radical (unpaired) electrons. The van der Waals surface area contributed by atoms with Gasteiger partial charge < -0.3 is 25.0 Å². The molecular formula is C20H24FN3O3. The predicted octanol–water partition coefficient (Wildman–Crippen LogP) is 3.13. The van der Waals surface area contributed by atoms with E-state index in [0.29, 0.717) is 13.1 Å². The van der Waals surface area contributed by atoms with E-state index in [1.165, 1.54) is 17.0 Å². The number of carbonyl (C=O) groups excluding carboxylic acids is 1. The van der Waals surface area contributed by atoms with Gasteiger partial charge in [-0.05, 0) is 36.8 Å². The van der Waals surface area contributed by atoms with E-state index in [-0.39, 0.29) is 29.7 Å². The lowest BCUT2D eigenvalue weighted by Crippen LogP contribution is -2.54. The number of rotatable bonds is 5. The summed E-state index contributed by atoms with van der Waals surface area (Å²) in [5, 5.41) is 12.2. The number of ether oxygens (including phenoxy) is 1. The monoisotopic (exact) mass is 373 g/mol. The molecule has 3 rings (SSSR count). The smallest absolute Gasteiger partial charge is 0.317 e. The molecule has 1 heterocycles. The number of carbonyl (C=O) groups is 1. The van der Waals surface area contributed by atoms with Crippen LogP contribution >= 0.6 is 0 Å². The highest BCUT2D eigenvalue weighted by Gasteiger charge is 2.29. The molecule has 0 aromatic heterocycles. The Hall–Kier alpha value is -2.96. The molecule has 0 bridgehead atoms. The van der Waals surface area contributed by atoms with Crippen LogP contribution in [0.1, 0.15) is 18.5 Å². The van der Waals surface area contributed by atoms with E-state index in [9.17, 15) is 14.3 Å². The van der Waals surface area contributed by atoms with Crippen LogP contribution < -0.4 is 15.0 Å². The van der Waals surface area contributed by atoms with Gasteiger partial charge in [-0.3, -0.25) is 0 Å². The Bertz CT molecular complexity index is 805. The Labute approximate surface area is 158 Å². The predicted molar refractivity (Wildman–Crippen MR) is 102 cm³/mol. The highest BCUT2D eigenvalue weighted by Crippen LogP contribution is 2.28. The second-order valence-corrected chi connectivity index (χ2v) is 6.92. The first-order valence-corrected chi connectivity index (χ1v) is 8.81. The molecule has 0 spiro atoms. The van der Waals surface area contributed by atoms with Crippen molar-refractivity contribution in [2.75, 3.05) is 32.1 Å². The molecule has 1 saturated heterocycles. The molecule has 0 unspecified atom stereocenters. The average Bonchev–Trinajstić information content (AvgIpc) is 2.59. The maximum Gasteiger partial charge on any atom is 0.317 e. The van der Waals surface area contributed by atoms with E-state index in [4.69, 9.17) is 4.74 Å². The molecule has 2 N–H and O–H groups in total. The highest BCUT2D eigenvalue weighted by atomic mass is 19.1. The van der Waals surface area contributed by atoms with Crippen molar-refractivity contribution >= 4 is 11.7 Å². The topological polar surface area (TPSA) is 65.0 Å². The number of anilines is 1. The summed E-state index contributed by atoms with van der Waals surface area (Å²) in [5.74, 6) is -0.531. The van der Waals surface area contributed by atoms with Crippen molar-refractivity contribution in [3.05, 3.63) is 53.8 Å². The third kappa shape index (κ3) is 4.42. The van der Waals surface area contributed by atoms with Gasteiger partial charge in [-0.1, -0.05) is 12.1 Å². The van der Waals surface area contributed by atoms with E-state index in [2.05, 4.69) is 10.2 Å². The van der Waals surface area contributed by atoms with Crippen molar-refractivity contribution in [2.45, 2.75) is 19.1 Å². The molecule has 1 aliphatic rings.